The molecule has 0 aromatic heterocycles. The average molecular weight is 318 g/mol. The van der Waals surface area contributed by atoms with E-state index in [1.165, 1.54) is 11.3 Å². The molecule has 1 amide bonds. The van der Waals surface area contributed by atoms with E-state index in [0.717, 1.165) is 26.1 Å². The lowest BCUT2D eigenvalue weighted by Gasteiger charge is -2.25. The second-order valence-corrected chi connectivity index (χ2v) is 7.56. The first kappa shape index (κ1) is 17.6. The third kappa shape index (κ3) is 4.88. The summed E-state index contributed by atoms with van der Waals surface area (Å²) in [6, 6.07) is 8.82. The molecule has 4 nitrogen and oxygen atoms in total. The topological polar surface area (TPSA) is 32.8 Å². The van der Waals surface area contributed by atoms with E-state index in [1.807, 2.05) is 18.7 Å². The summed E-state index contributed by atoms with van der Waals surface area (Å²) in [5.41, 5.74) is 2.75. The van der Waals surface area contributed by atoms with Crippen molar-refractivity contribution in [2.45, 2.75) is 52.6 Å². The van der Waals surface area contributed by atoms with Crippen LogP contribution >= 0.6 is 0 Å². The van der Waals surface area contributed by atoms with Gasteiger partial charge in [0.05, 0.1) is 6.10 Å². The van der Waals surface area contributed by atoms with Crippen molar-refractivity contribution >= 4 is 11.8 Å². The highest BCUT2D eigenvalue weighted by atomic mass is 16.6. The summed E-state index contributed by atoms with van der Waals surface area (Å²) in [5, 5.41) is 0. The number of carbonyl (C=O) groups is 1. The predicted octanol–water partition coefficient (Wildman–Crippen LogP) is 4.04. The predicted molar refractivity (Wildman–Crippen MR) is 95.2 cm³/mol. The lowest BCUT2D eigenvalue weighted by molar-refractivity contribution is 0.0788. The third-order valence-corrected chi connectivity index (χ3v) is 4.19. The maximum atomic E-state index is 12.0. The third-order valence-electron chi connectivity index (χ3n) is 4.19. The molecule has 1 aliphatic heterocycles. The van der Waals surface area contributed by atoms with Crippen molar-refractivity contribution in [2.75, 3.05) is 31.1 Å². The Bertz CT molecular complexity index is 517. The first-order chi connectivity index (χ1) is 10.8. The molecule has 0 atom stereocenters. The first-order valence-corrected chi connectivity index (χ1v) is 8.58. The van der Waals surface area contributed by atoms with Crippen LogP contribution in [0.5, 0.6) is 0 Å². The largest absolute Gasteiger partial charge is 0.447 e. The molecular weight excluding hydrogens is 288 g/mol. The van der Waals surface area contributed by atoms with E-state index in [4.69, 9.17) is 4.74 Å². The van der Waals surface area contributed by atoms with Crippen molar-refractivity contribution in [1.29, 1.82) is 0 Å². The molecule has 0 bridgehead atoms. The van der Waals surface area contributed by atoms with Gasteiger partial charge in [-0.05, 0) is 43.4 Å². The van der Waals surface area contributed by atoms with Gasteiger partial charge < -0.3 is 14.5 Å². The fraction of sp³-hybridized carbons (Fsp3) is 0.632. The highest BCUT2D eigenvalue weighted by Gasteiger charge is 2.21. The Kier molecular flexibility index (Phi) is 5.55. The van der Waals surface area contributed by atoms with Gasteiger partial charge in [-0.15, -0.1) is 0 Å². The summed E-state index contributed by atoms with van der Waals surface area (Å²) >= 11 is 0. The number of carbonyl (C=O) groups excluding carboxylic acids is 1. The molecule has 0 aliphatic carbocycles. The molecule has 1 aliphatic rings. The van der Waals surface area contributed by atoms with Gasteiger partial charge in [-0.3, -0.25) is 0 Å². The molecule has 2 rings (SSSR count). The fourth-order valence-electron chi connectivity index (χ4n) is 2.81. The minimum atomic E-state index is -0.190. The number of ether oxygens (including phenoxy) is 1. The average Bonchev–Trinajstić information content (AvgIpc) is 2.71. The molecule has 1 aromatic carbocycles. The molecule has 0 spiro atoms. The Morgan fingerprint density at radius 3 is 2.26 bits per heavy atom. The number of amides is 1. The van der Waals surface area contributed by atoms with Gasteiger partial charge in [0.1, 0.15) is 0 Å². The van der Waals surface area contributed by atoms with E-state index in [0.29, 0.717) is 6.54 Å². The zero-order valence-electron chi connectivity index (χ0n) is 15.1. The number of benzene rings is 1. The van der Waals surface area contributed by atoms with Gasteiger partial charge in [0.25, 0.3) is 0 Å². The molecule has 23 heavy (non-hydrogen) atoms. The lowest BCUT2D eigenvalue weighted by atomic mass is 9.87. The SMILES string of the molecule is CC(C)OC(=O)N1CCCN(c2ccc(C(C)(C)C)cc2)CC1. The van der Waals surface area contributed by atoms with Crippen LogP contribution in [0, 0.1) is 0 Å². The Labute approximate surface area is 140 Å². The van der Waals surface area contributed by atoms with Crippen molar-refractivity contribution in [3.05, 3.63) is 29.8 Å². The Balaban J connectivity index is 1.99. The van der Waals surface area contributed by atoms with Crippen LogP contribution in [0.4, 0.5) is 10.5 Å². The van der Waals surface area contributed by atoms with Crippen LogP contribution in [-0.2, 0) is 10.2 Å². The van der Waals surface area contributed by atoms with E-state index in [-0.39, 0.29) is 17.6 Å². The van der Waals surface area contributed by atoms with Gasteiger partial charge in [0.15, 0.2) is 0 Å². The Hall–Kier alpha value is -1.71. The number of nitrogens with zero attached hydrogens (tertiary/aromatic N) is 2. The van der Waals surface area contributed by atoms with E-state index in [9.17, 15) is 4.79 Å². The van der Waals surface area contributed by atoms with Crippen LogP contribution < -0.4 is 4.90 Å². The molecule has 1 aromatic rings. The molecule has 0 radical (unpaired) electrons. The summed E-state index contributed by atoms with van der Waals surface area (Å²) in [6.07, 6.45) is 0.713. The smallest absolute Gasteiger partial charge is 0.410 e. The van der Waals surface area contributed by atoms with Gasteiger partial charge in [-0.2, -0.15) is 0 Å². The molecule has 1 saturated heterocycles. The number of rotatable bonds is 2. The van der Waals surface area contributed by atoms with Crippen molar-refractivity contribution in [3.8, 4) is 0 Å². The van der Waals surface area contributed by atoms with Gasteiger partial charge in [-0.25, -0.2) is 4.79 Å². The van der Waals surface area contributed by atoms with Crippen molar-refractivity contribution < 1.29 is 9.53 Å². The van der Waals surface area contributed by atoms with E-state index in [2.05, 4.69) is 49.9 Å². The quantitative estimate of drug-likeness (QED) is 0.825. The highest BCUT2D eigenvalue weighted by Crippen LogP contribution is 2.25. The summed E-state index contributed by atoms with van der Waals surface area (Å²) in [5.74, 6) is 0. The van der Waals surface area contributed by atoms with Crippen LogP contribution in [-0.4, -0.2) is 43.3 Å². The molecule has 128 valence electrons. The van der Waals surface area contributed by atoms with Crippen LogP contribution in [0.2, 0.25) is 0 Å². The van der Waals surface area contributed by atoms with E-state index in [1.54, 1.807) is 0 Å². The zero-order chi connectivity index (χ0) is 17.0. The molecule has 0 unspecified atom stereocenters. The standard InChI is InChI=1S/C19H30N2O2/c1-15(2)23-18(22)21-12-6-11-20(13-14-21)17-9-7-16(8-10-17)19(3,4)5/h7-10,15H,6,11-14H2,1-5H3. The van der Waals surface area contributed by atoms with Crippen molar-refractivity contribution in [1.82, 2.24) is 4.90 Å². The van der Waals surface area contributed by atoms with Gasteiger partial charge in [0, 0.05) is 31.9 Å². The second-order valence-electron chi connectivity index (χ2n) is 7.56. The number of anilines is 1. The molecule has 1 heterocycles. The van der Waals surface area contributed by atoms with Crippen molar-refractivity contribution in [2.24, 2.45) is 0 Å². The number of hydrogen-bond donors (Lipinski definition) is 0. The van der Waals surface area contributed by atoms with E-state index >= 15 is 0 Å². The summed E-state index contributed by atoms with van der Waals surface area (Å²) in [4.78, 5) is 16.2. The van der Waals surface area contributed by atoms with Gasteiger partial charge in [0.2, 0.25) is 0 Å². The molecule has 4 heteroatoms. The lowest BCUT2D eigenvalue weighted by Crippen LogP contribution is -2.36. The maximum Gasteiger partial charge on any atom is 0.410 e. The minimum Gasteiger partial charge on any atom is -0.447 e. The van der Waals surface area contributed by atoms with E-state index < -0.39 is 0 Å². The molecule has 0 N–H and O–H groups in total. The van der Waals surface area contributed by atoms with Crippen LogP contribution in [0.25, 0.3) is 0 Å². The fourth-order valence-corrected chi connectivity index (χ4v) is 2.81. The summed E-state index contributed by atoms with van der Waals surface area (Å²) < 4.78 is 5.31. The zero-order valence-corrected chi connectivity index (χ0v) is 15.1. The maximum absolute atomic E-state index is 12.0. The monoisotopic (exact) mass is 318 g/mol. The molecule has 0 saturated carbocycles. The Morgan fingerprint density at radius 1 is 1.04 bits per heavy atom. The molecule has 1 fully saturated rings. The summed E-state index contributed by atoms with van der Waals surface area (Å²) in [7, 11) is 0. The van der Waals surface area contributed by atoms with Gasteiger partial charge >= 0.3 is 6.09 Å². The number of hydrogen-bond acceptors (Lipinski definition) is 3. The van der Waals surface area contributed by atoms with Gasteiger partial charge in [-0.1, -0.05) is 32.9 Å². The minimum absolute atomic E-state index is 0.0631. The normalized spacial score (nSPS) is 16.4. The summed E-state index contributed by atoms with van der Waals surface area (Å²) in [6.45, 7) is 13.8. The van der Waals surface area contributed by atoms with Crippen molar-refractivity contribution in [3.63, 3.8) is 0 Å². The molecular formula is C19H30N2O2. The van der Waals surface area contributed by atoms with Crippen LogP contribution in [0.1, 0.15) is 46.6 Å². The van der Waals surface area contributed by atoms with Crippen LogP contribution in [0.15, 0.2) is 24.3 Å². The highest BCUT2D eigenvalue weighted by molar-refractivity contribution is 5.68. The first-order valence-electron chi connectivity index (χ1n) is 8.58. The van der Waals surface area contributed by atoms with Crippen LogP contribution in [0.3, 0.4) is 0 Å². The second kappa shape index (κ2) is 7.24. The Morgan fingerprint density at radius 2 is 1.70 bits per heavy atom.